The van der Waals surface area contributed by atoms with Crippen molar-refractivity contribution in [2.45, 2.75) is 13.0 Å². The minimum atomic E-state index is 0.783. The molecule has 6 nitrogen and oxygen atoms in total. The van der Waals surface area contributed by atoms with Crippen molar-refractivity contribution in [1.82, 2.24) is 19.9 Å². The van der Waals surface area contributed by atoms with Crippen LogP contribution in [0.5, 0.6) is 0 Å². The van der Waals surface area contributed by atoms with E-state index in [1.807, 2.05) is 19.0 Å². The molecule has 0 amide bonds. The summed E-state index contributed by atoms with van der Waals surface area (Å²) in [6.45, 7) is 1.70. The number of anilines is 2. The first-order chi connectivity index (χ1) is 10.7. The van der Waals surface area contributed by atoms with Gasteiger partial charge in [-0.3, -0.25) is 0 Å². The summed E-state index contributed by atoms with van der Waals surface area (Å²) in [7, 11) is 4.03. The Morgan fingerprint density at radius 1 is 1.14 bits per heavy atom. The van der Waals surface area contributed by atoms with Crippen LogP contribution in [0.2, 0.25) is 0 Å². The Morgan fingerprint density at radius 2 is 2.00 bits per heavy atom. The van der Waals surface area contributed by atoms with E-state index >= 15 is 0 Å². The van der Waals surface area contributed by atoms with Gasteiger partial charge < -0.3 is 9.80 Å². The third kappa shape index (κ3) is 2.09. The molecule has 0 saturated carbocycles. The number of fused-ring (bicyclic) bond motifs is 2. The maximum Gasteiger partial charge on any atom is 0.141 e. The Balaban J connectivity index is 1.77. The molecule has 0 fully saturated rings. The quantitative estimate of drug-likeness (QED) is 0.722. The maximum atomic E-state index is 4.52. The standard InChI is InChI=1S/C15H16N6S/c1-20(2)13-11-7-21(5-3-12(11)16-8-17-13)14-10-4-6-22-15(10)19-9-18-14/h4,6,8-9H,3,5,7H2,1-2H3. The minimum absolute atomic E-state index is 0.783. The third-order valence-electron chi connectivity index (χ3n) is 3.94. The lowest BCUT2D eigenvalue weighted by Gasteiger charge is -2.31. The third-order valence-corrected chi connectivity index (χ3v) is 4.76. The molecule has 1 aliphatic heterocycles. The van der Waals surface area contributed by atoms with E-state index in [-0.39, 0.29) is 0 Å². The number of hydrogen-bond acceptors (Lipinski definition) is 7. The summed E-state index contributed by atoms with van der Waals surface area (Å²) in [5, 5.41) is 3.19. The molecule has 4 rings (SSSR count). The number of thiophene rings is 1. The summed E-state index contributed by atoms with van der Waals surface area (Å²) in [6, 6.07) is 2.10. The van der Waals surface area contributed by atoms with Crippen molar-refractivity contribution in [1.29, 1.82) is 0 Å². The van der Waals surface area contributed by atoms with E-state index in [0.29, 0.717) is 0 Å². The number of aromatic nitrogens is 4. The van der Waals surface area contributed by atoms with Crippen molar-refractivity contribution in [2.75, 3.05) is 30.4 Å². The zero-order valence-corrected chi connectivity index (χ0v) is 13.3. The number of rotatable bonds is 2. The second kappa shape index (κ2) is 5.17. The molecule has 0 atom stereocenters. The predicted molar refractivity (Wildman–Crippen MR) is 88.5 cm³/mol. The smallest absolute Gasteiger partial charge is 0.141 e. The van der Waals surface area contributed by atoms with Gasteiger partial charge in [0, 0.05) is 39.2 Å². The topological polar surface area (TPSA) is 58.0 Å². The highest BCUT2D eigenvalue weighted by Crippen LogP contribution is 2.31. The van der Waals surface area contributed by atoms with Crippen molar-refractivity contribution in [3.05, 3.63) is 35.4 Å². The fraction of sp³-hybridized carbons (Fsp3) is 0.333. The summed E-state index contributed by atoms with van der Waals surface area (Å²) in [5.74, 6) is 2.00. The van der Waals surface area contributed by atoms with Crippen LogP contribution in [-0.2, 0) is 13.0 Å². The molecule has 3 aromatic rings. The molecule has 0 aliphatic carbocycles. The van der Waals surface area contributed by atoms with E-state index in [1.54, 1.807) is 24.0 Å². The van der Waals surface area contributed by atoms with Gasteiger partial charge >= 0.3 is 0 Å². The lowest BCUT2D eigenvalue weighted by molar-refractivity contribution is 0.696. The first-order valence-corrected chi connectivity index (χ1v) is 8.05. The first kappa shape index (κ1) is 13.4. The molecule has 1 aliphatic rings. The van der Waals surface area contributed by atoms with Crippen LogP contribution in [0.1, 0.15) is 11.3 Å². The zero-order valence-electron chi connectivity index (χ0n) is 12.5. The molecule has 22 heavy (non-hydrogen) atoms. The molecule has 0 aromatic carbocycles. The van der Waals surface area contributed by atoms with Gasteiger partial charge in [0.05, 0.1) is 11.1 Å². The second-order valence-electron chi connectivity index (χ2n) is 5.53. The van der Waals surface area contributed by atoms with E-state index in [1.165, 1.54) is 5.56 Å². The largest absolute Gasteiger partial charge is 0.362 e. The van der Waals surface area contributed by atoms with Gasteiger partial charge in [-0.25, -0.2) is 19.9 Å². The van der Waals surface area contributed by atoms with Crippen LogP contribution in [0.3, 0.4) is 0 Å². The highest BCUT2D eigenvalue weighted by Gasteiger charge is 2.24. The number of hydrogen-bond donors (Lipinski definition) is 0. The summed E-state index contributed by atoms with van der Waals surface area (Å²) in [5.41, 5.74) is 2.34. The van der Waals surface area contributed by atoms with Gasteiger partial charge in [-0.2, -0.15) is 0 Å². The lowest BCUT2D eigenvalue weighted by Crippen LogP contribution is -2.33. The predicted octanol–water partition coefficient (Wildman–Crippen LogP) is 2.11. The van der Waals surface area contributed by atoms with Crippen LogP contribution in [0, 0.1) is 0 Å². The van der Waals surface area contributed by atoms with Gasteiger partial charge in [-0.15, -0.1) is 11.3 Å². The zero-order chi connectivity index (χ0) is 15.1. The van der Waals surface area contributed by atoms with Crippen molar-refractivity contribution in [3.8, 4) is 0 Å². The van der Waals surface area contributed by atoms with Crippen LogP contribution >= 0.6 is 11.3 Å². The van der Waals surface area contributed by atoms with Gasteiger partial charge in [0.2, 0.25) is 0 Å². The van der Waals surface area contributed by atoms with Gasteiger partial charge in [-0.05, 0) is 11.4 Å². The van der Waals surface area contributed by atoms with E-state index in [4.69, 9.17) is 0 Å². The summed E-state index contributed by atoms with van der Waals surface area (Å²) >= 11 is 1.65. The monoisotopic (exact) mass is 312 g/mol. The minimum Gasteiger partial charge on any atom is -0.362 e. The van der Waals surface area contributed by atoms with Gasteiger partial charge in [0.15, 0.2) is 0 Å². The molecule has 112 valence electrons. The highest BCUT2D eigenvalue weighted by atomic mass is 32.1. The summed E-state index contributed by atoms with van der Waals surface area (Å²) in [6.07, 6.45) is 4.22. The van der Waals surface area contributed by atoms with E-state index in [9.17, 15) is 0 Å². The Hall–Kier alpha value is -2.28. The summed E-state index contributed by atoms with van der Waals surface area (Å²) < 4.78 is 0. The molecule has 0 spiro atoms. The number of nitrogens with zero attached hydrogens (tertiary/aromatic N) is 6. The molecular weight excluding hydrogens is 296 g/mol. The van der Waals surface area contributed by atoms with Crippen LogP contribution in [0.15, 0.2) is 24.1 Å². The molecule has 3 aromatic heterocycles. The van der Waals surface area contributed by atoms with Crippen molar-refractivity contribution in [3.63, 3.8) is 0 Å². The van der Waals surface area contributed by atoms with Crippen LogP contribution in [0.25, 0.3) is 10.2 Å². The SMILES string of the molecule is CN(C)c1ncnc2c1CN(c1ncnc3sccc13)CC2. The lowest BCUT2D eigenvalue weighted by atomic mass is 10.1. The van der Waals surface area contributed by atoms with E-state index in [0.717, 1.165) is 47.1 Å². The van der Waals surface area contributed by atoms with Gasteiger partial charge in [-0.1, -0.05) is 0 Å². The first-order valence-electron chi connectivity index (χ1n) is 7.17. The molecule has 7 heteroatoms. The van der Waals surface area contributed by atoms with E-state index < -0.39 is 0 Å². The fourth-order valence-corrected chi connectivity index (χ4v) is 3.65. The molecule has 0 N–H and O–H groups in total. The Kier molecular flexibility index (Phi) is 3.15. The Bertz CT molecular complexity index is 828. The fourth-order valence-electron chi connectivity index (χ4n) is 2.92. The molecule has 4 heterocycles. The van der Waals surface area contributed by atoms with Crippen molar-refractivity contribution >= 4 is 33.2 Å². The Labute approximate surface area is 132 Å². The average molecular weight is 312 g/mol. The summed E-state index contributed by atoms with van der Waals surface area (Å²) in [4.78, 5) is 23.1. The average Bonchev–Trinajstić information content (AvgIpc) is 3.02. The van der Waals surface area contributed by atoms with E-state index in [2.05, 4.69) is 36.3 Å². The van der Waals surface area contributed by atoms with Gasteiger partial charge in [0.25, 0.3) is 0 Å². The van der Waals surface area contributed by atoms with Crippen LogP contribution < -0.4 is 9.80 Å². The normalized spacial score (nSPS) is 14.2. The molecule has 0 saturated heterocycles. The van der Waals surface area contributed by atoms with Crippen molar-refractivity contribution in [2.24, 2.45) is 0 Å². The van der Waals surface area contributed by atoms with Crippen LogP contribution in [-0.4, -0.2) is 40.6 Å². The van der Waals surface area contributed by atoms with Crippen molar-refractivity contribution < 1.29 is 0 Å². The van der Waals surface area contributed by atoms with Crippen LogP contribution in [0.4, 0.5) is 11.6 Å². The maximum absolute atomic E-state index is 4.52. The molecule has 0 bridgehead atoms. The second-order valence-corrected chi connectivity index (χ2v) is 6.42. The Morgan fingerprint density at radius 3 is 2.86 bits per heavy atom. The van der Waals surface area contributed by atoms with Gasteiger partial charge in [0.1, 0.15) is 29.1 Å². The molecular formula is C15H16N6S. The molecule has 0 radical (unpaired) electrons. The highest BCUT2D eigenvalue weighted by molar-refractivity contribution is 7.16. The molecule has 0 unspecified atom stereocenters.